The van der Waals surface area contributed by atoms with Crippen molar-refractivity contribution in [2.45, 2.75) is 6.92 Å². The van der Waals surface area contributed by atoms with Crippen LogP contribution >= 0.6 is 0 Å². The first-order chi connectivity index (χ1) is 8.24. The van der Waals surface area contributed by atoms with Crippen molar-refractivity contribution in [1.29, 1.82) is 0 Å². The number of aryl methyl sites for hydroxylation is 2. The molecular formula is C14H16N3+. The van der Waals surface area contributed by atoms with Crippen LogP contribution in [-0.2, 0) is 7.05 Å². The maximum Gasteiger partial charge on any atom is 0.169 e. The summed E-state index contributed by atoms with van der Waals surface area (Å²) in [7, 11) is 2.00. The summed E-state index contributed by atoms with van der Waals surface area (Å²) in [4.78, 5) is 4.22. The van der Waals surface area contributed by atoms with E-state index in [2.05, 4.69) is 22.4 Å². The molecule has 0 saturated heterocycles. The summed E-state index contributed by atoms with van der Waals surface area (Å²) < 4.78 is 2.01. The van der Waals surface area contributed by atoms with E-state index in [1.54, 1.807) is 6.20 Å². The van der Waals surface area contributed by atoms with Crippen molar-refractivity contribution in [1.82, 2.24) is 4.98 Å². The number of nitrogens with one attached hydrogen (secondary N) is 1. The van der Waals surface area contributed by atoms with Gasteiger partial charge in [0.15, 0.2) is 12.4 Å². The molecule has 0 aromatic carbocycles. The molecule has 1 N–H and O–H groups in total. The summed E-state index contributed by atoms with van der Waals surface area (Å²) in [6.45, 7) is 2.05. The predicted octanol–water partition coefficient (Wildman–Crippen LogP) is 2.30. The van der Waals surface area contributed by atoms with Crippen LogP contribution in [0.15, 0.2) is 49.1 Å². The Kier molecular flexibility index (Phi) is 3.50. The van der Waals surface area contributed by atoms with Gasteiger partial charge < -0.3 is 5.32 Å². The maximum absolute atomic E-state index is 4.22. The Bertz CT molecular complexity index is 515. The van der Waals surface area contributed by atoms with Gasteiger partial charge in [0.25, 0.3) is 0 Å². The molecule has 2 aromatic rings. The van der Waals surface area contributed by atoms with Crippen molar-refractivity contribution in [3.8, 4) is 0 Å². The molecule has 0 atom stereocenters. The number of anilines is 1. The molecule has 0 unspecified atom stereocenters. The van der Waals surface area contributed by atoms with Crippen LogP contribution in [0.1, 0.15) is 11.1 Å². The Morgan fingerprint density at radius 3 is 2.71 bits per heavy atom. The molecule has 3 heteroatoms. The van der Waals surface area contributed by atoms with Gasteiger partial charge in [-0.05, 0) is 36.3 Å². The summed E-state index contributed by atoms with van der Waals surface area (Å²) >= 11 is 0. The van der Waals surface area contributed by atoms with Crippen LogP contribution in [-0.4, -0.2) is 4.98 Å². The molecule has 0 aliphatic rings. The third-order valence-corrected chi connectivity index (χ3v) is 2.43. The van der Waals surface area contributed by atoms with Gasteiger partial charge in [-0.15, -0.1) is 0 Å². The van der Waals surface area contributed by atoms with E-state index in [1.807, 2.05) is 55.3 Å². The summed E-state index contributed by atoms with van der Waals surface area (Å²) in [6.07, 6.45) is 9.75. The second-order valence-corrected chi connectivity index (χ2v) is 3.99. The topological polar surface area (TPSA) is 28.8 Å². The number of hydrogen-bond acceptors (Lipinski definition) is 2. The van der Waals surface area contributed by atoms with Crippen molar-refractivity contribution in [3.05, 3.63) is 60.2 Å². The second kappa shape index (κ2) is 5.25. The highest BCUT2D eigenvalue weighted by Gasteiger charge is 1.92. The van der Waals surface area contributed by atoms with E-state index in [-0.39, 0.29) is 0 Å². The number of nitrogens with zero attached hydrogens (tertiary/aromatic N) is 2. The molecule has 3 nitrogen and oxygen atoms in total. The Labute approximate surface area is 101 Å². The van der Waals surface area contributed by atoms with Gasteiger partial charge in [-0.25, -0.2) is 9.55 Å². The van der Waals surface area contributed by atoms with Gasteiger partial charge in [-0.2, -0.15) is 0 Å². The highest BCUT2D eigenvalue weighted by molar-refractivity contribution is 5.52. The van der Waals surface area contributed by atoms with E-state index in [4.69, 9.17) is 0 Å². The molecule has 0 radical (unpaired) electrons. The lowest BCUT2D eigenvalue weighted by molar-refractivity contribution is -0.671. The third kappa shape index (κ3) is 3.41. The van der Waals surface area contributed by atoms with Gasteiger partial charge in [-0.3, -0.25) is 0 Å². The molecule has 0 aliphatic heterocycles. The molecule has 2 aromatic heterocycles. The standard InChI is InChI=1S/C14H15N3/c1-12-3-7-15-14(11-12)16-8-4-13-5-9-17(2)10-6-13/h3-11H,1-2H3/p+1. The molecule has 0 amide bonds. The van der Waals surface area contributed by atoms with Gasteiger partial charge in [0, 0.05) is 24.5 Å². The Morgan fingerprint density at radius 1 is 1.24 bits per heavy atom. The van der Waals surface area contributed by atoms with E-state index >= 15 is 0 Å². The molecule has 86 valence electrons. The average Bonchev–Trinajstić information content (AvgIpc) is 2.32. The van der Waals surface area contributed by atoms with E-state index in [0.717, 1.165) is 11.4 Å². The molecule has 0 spiro atoms. The number of rotatable bonds is 3. The fraction of sp³-hybridized carbons (Fsp3) is 0.143. The van der Waals surface area contributed by atoms with Crippen molar-refractivity contribution in [2.75, 3.05) is 5.32 Å². The van der Waals surface area contributed by atoms with E-state index in [9.17, 15) is 0 Å². The largest absolute Gasteiger partial charge is 0.347 e. The number of aromatic nitrogens is 2. The van der Waals surface area contributed by atoms with Gasteiger partial charge in [0.1, 0.15) is 12.9 Å². The Hall–Kier alpha value is -2.16. The quantitative estimate of drug-likeness (QED) is 0.814. The molecule has 0 fully saturated rings. The normalized spacial score (nSPS) is 10.7. The molecule has 0 saturated carbocycles. The summed E-state index contributed by atoms with van der Waals surface area (Å²) in [5, 5.41) is 3.15. The SMILES string of the molecule is Cc1ccnc(NC=Cc2cc[n+](C)cc2)c1. The molecule has 2 heterocycles. The van der Waals surface area contributed by atoms with Crippen LogP contribution in [0.3, 0.4) is 0 Å². The second-order valence-electron chi connectivity index (χ2n) is 3.99. The lowest BCUT2D eigenvalue weighted by Gasteiger charge is -1.99. The van der Waals surface area contributed by atoms with E-state index in [1.165, 1.54) is 5.56 Å². The summed E-state index contributed by atoms with van der Waals surface area (Å²) in [5.41, 5.74) is 2.35. The van der Waals surface area contributed by atoms with Gasteiger partial charge in [0.2, 0.25) is 0 Å². The van der Waals surface area contributed by atoms with E-state index < -0.39 is 0 Å². The number of hydrogen-bond donors (Lipinski definition) is 1. The van der Waals surface area contributed by atoms with Crippen LogP contribution in [0.25, 0.3) is 6.08 Å². The molecule has 17 heavy (non-hydrogen) atoms. The predicted molar refractivity (Wildman–Crippen MR) is 69.2 cm³/mol. The maximum atomic E-state index is 4.22. The van der Waals surface area contributed by atoms with Crippen molar-refractivity contribution in [3.63, 3.8) is 0 Å². The zero-order valence-corrected chi connectivity index (χ0v) is 10.1. The van der Waals surface area contributed by atoms with Crippen LogP contribution in [0.4, 0.5) is 5.82 Å². The molecule has 0 aliphatic carbocycles. The van der Waals surface area contributed by atoms with E-state index in [0.29, 0.717) is 0 Å². The highest BCUT2D eigenvalue weighted by atomic mass is 15.0. The minimum Gasteiger partial charge on any atom is -0.347 e. The fourth-order valence-corrected chi connectivity index (χ4v) is 1.46. The zero-order valence-electron chi connectivity index (χ0n) is 10.1. The Balaban J connectivity index is 2.00. The minimum absolute atomic E-state index is 0.864. The van der Waals surface area contributed by atoms with Crippen molar-refractivity contribution < 1.29 is 4.57 Å². The average molecular weight is 226 g/mol. The van der Waals surface area contributed by atoms with Gasteiger partial charge in [0.05, 0.1) is 0 Å². The van der Waals surface area contributed by atoms with Crippen LogP contribution in [0.5, 0.6) is 0 Å². The Morgan fingerprint density at radius 2 is 2.00 bits per heavy atom. The molecule has 2 rings (SSSR count). The first-order valence-electron chi connectivity index (χ1n) is 5.55. The van der Waals surface area contributed by atoms with Crippen molar-refractivity contribution in [2.24, 2.45) is 7.05 Å². The van der Waals surface area contributed by atoms with Crippen LogP contribution in [0.2, 0.25) is 0 Å². The first kappa shape index (κ1) is 11.3. The summed E-state index contributed by atoms with van der Waals surface area (Å²) in [5.74, 6) is 0.864. The first-order valence-corrected chi connectivity index (χ1v) is 5.55. The smallest absolute Gasteiger partial charge is 0.169 e. The van der Waals surface area contributed by atoms with Gasteiger partial charge >= 0.3 is 0 Å². The lowest BCUT2D eigenvalue weighted by atomic mass is 10.2. The number of pyridine rings is 2. The third-order valence-electron chi connectivity index (χ3n) is 2.43. The van der Waals surface area contributed by atoms with Crippen LogP contribution in [0, 0.1) is 6.92 Å². The fourth-order valence-electron chi connectivity index (χ4n) is 1.46. The van der Waals surface area contributed by atoms with Crippen molar-refractivity contribution >= 4 is 11.9 Å². The minimum atomic E-state index is 0.864. The monoisotopic (exact) mass is 226 g/mol. The summed E-state index contributed by atoms with van der Waals surface area (Å²) in [6, 6.07) is 8.10. The highest BCUT2D eigenvalue weighted by Crippen LogP contribution is 2.06. The zero-order chi connectivity index (χ0) is 12.1. The van der Waals surface area contributed by atoms with Crippen LogP contribution < -0.4 is 9.88 Å². The molecule has 0 bridgehead atoms. The lowest BCUT2D eigenvalue weighted by Crippen LogP contribution is -2.25. The van der Waals surface area contributed by atoms with Gasteiger partial charge in [-0.1, -0.05) is 0 Å². The molecular weight excluding hydrogens is 210 g/mol.